The van der Waals surface area contributed by atoms with Gasteiger partial charge in [-0.05, 0) is 35.1 Å². The summed E-state index contributed by atoms with van der Waals surface area (Å²) in [6, 6.07) is -1.34. The van der Waals surface area contributed by atoms with E-state index in [0.717, 1.165) is 18.5 Å². The van der Waals surface area contributed by atoms with Crippen LogP contribution < -0.4 is 5.32 Å². The lowest BCUT2D eigenvalue weighted by molar-refractivity contribution is -0.144. The molecule has 2 aliphatic rings. The van der Waals surface area contributed by atoms with Crippen molar-refractivity contribution < 1.29 is 14.7 Å². The second-order valence-corrected chi connectivity index (χ2v) is 9.78. The normalized spacial score (nSPS) is 22.2. The van der Waals surface area contributed by atoms with E-state index in [4.69, 9.17) is 0 Å². The number of carbonyl (C=O) groups is 2. The van der Waals surface area contributed by atoms with Crippen LogP contribution in [0.2, 0.25) is 0 Å². The van der Waals surface area contributed by atoms with Crippen molar-refractivity contribution in [2.24, 2.45) is 5.41 Å². The van der Waals surface area contributed by atoms with Gasteiger partial charge in [0.15, 0.2) is 0 Å². The lowest BCUT2D eigenvalue weighted by Gasteiger charge is -2.34. The van der Waals surface area contributed by atoms with E-state index < -0.39 is 23.6 Å². The molecule has 32 heavy (non-hydrogen) atoms. The lowest BCUT2D eigenvalue weighted by Crippen LogP contribution is -2.50. The number of nitrogens with zero attached hydrogens (tertiary/aromatic N) is 8. The van der Waals surface area contributed by atoms with Crippen LogP contribution in [0.3, 0.4) is 0 Å². The molecule has 3 heterocycles. The van der Waals surface area contributed by atoms with E-state index in [-0.39, 0.29) is 24.8 Å². The van der Waals surface area contributed by atoms with Crippen LogP contribution in [0.25, 0.3) is 0 Å². The molecule has 0 radical (unpaired) electrons. The third-order valence-electron chi connectivity index (χ3n) is 5.96. The smallest absolute Gasteiger partial charge is 0.248 e. The van der Waals surface area contributed by atoms with Crippen molar-refractivity contribution >= 4 is 11.8 Å². The maximum atomic E-state index is 13.7. The van der Waals surface area contributed by atoms with Crippen molar-refractivity contribution in [1.29, 1.82) is 0 Å². The van der Waals surface area contributed by atoms with Crippen molar-refractivity contribution in [2.75, 3.05) is 13.1 Å². The second-order valence-electron chi connectivity index (χ2n) is 9.78. The first-order valence-electron chi connectivity index (χ1n) is 11.1. The quantitative estimate of drug-likeness (QED) is 0.536. The maximum Gasteiger partial charge on any atom is 0.248 e. The molecule has 1 saturated carbocycles. The molecule has 1 aliphatic carbocycles. The third kappa shape index (κ3) is 4.95. The molecule has 1 aliphatic heterocycles. The van der Waals surface area contributed by atoms with E-state index in [0.29, 0.717) is 25.4 Å². The summed E-state index contributed by atoms with van der Waals surface area (Å²) in [7, 11) is 0. The summed E-state index contributed by atoms with van der Waals surface area (Å²) in [5.41, 5.74) is 0.455. The van der Waals surface area contributed by atoms with Crippen molar-refractivity contribution in [3.8, 4) is 0 Å². The molecule has 2 N–H and O–H groups in total. The number of hydrogen-bond acceptors (Lipinski definition) is 8. The van der Waals surface area contributed by atoms with Gasteiger partial charge in [-0.2, -0.15) is 0 Å². The van der Waals surface area contributed by atoms with E-state index in [9.17, 15) is 14.7 Å². The number of aryl methyl sites for hydroxylation is 1. The van der Waals surface area contributed by atoms with Gasteiger partial charge >= 0.3 is 0 Å². The van der Waals surface area contributed by atoms with Crippen LogP contribution in [0.4, 0.5) is 0 Å². The number of aromatic nitrogens is 7. The molecule has 4 rings (SSSR count). The minimum atomic E-state index is -0.741. The Morgan fingerprint density at radius 3 is 2.72 bits per heavy atom. The van der Waals surface area contributed by atoms with E-state index in [2.05, 4.69) is 31.2 Å². The standard InChI is InChI=1S/C20H31N9O3/c1-20(2,3)17(29-11-15(23-25-29)13-5-6-13)19(32)28-10-14(30)9-16(28)18(31)21-7-4-8-27-12-22-24-26-27/h11-14,16-17,30H,4-10H2,1-3H3,(H,21,31)/t14-,16+,17-/m1/s1. The molecule has 0 spiro atoms. The molecule has 12 nitrogen and oxygen atoms in total. The van der Waals surface area contributed by atoms with Crippen LogP contribution in [0.15, 0.2) is 12.5 Å². The van der Waals surface area contributed by atoms with Crippen LogP contribution >= 0.6 is 0 Å². The highest BCUT2D eigenvalue weighted by molar-refractivity contribution is 5.90. The number of hydrogen-bond donors (Lipinski definition) is 2. The number of rotatable bonds is 8. The first-order chi connectivity index (χ1) is 15.2. The van der Waals surface area contributed by atoms with Crippen LogP contribution in [0, 0.1) is 5.41 Å². The SMILES string of the molecule is CC(C)(C)[C@@H](C(=O)N1C[C@H](O)C[C@H]1C(=O)NCCCn1cnnn1)n1cc(C2CC2)nn1. The van der Waals surface area contributed by atoms with E-state index in [1.54, 1.807) is 9.36 Å². The molecule has 2 aromatic rings. The van der Waals surface area contributed by atoms with Gasteiger partial charge in [0, 0.05) is 38.2 Å². The summed E-state index contributed by atoms with van der Waals surface area (Å²) in [6.07, 6.45) is 5.68. The molecule has 2 aromatic heterocycles. The van der Waals surface area contributed by atoms with Crippen LogP contribution in [0.1, 0.15) is 64.1 Å². The van der Waals surface area contributed by atoms with Gasteiger partial charge in [0.1, 0.15) is 18.4 Å². The summed E-state index contributed by atoms with van der Waals surface area (Å²) >= 11 is 0. The number of aliphatic hydroxyl groups is 1. The molecule has 2 fully saturated rings. The van der Waals surface area contributed by atoms with E-state index in [1.165, 1.54) is 11.2 Å². The molecule has 12 heteroatoms. The number of likely N-dealkylation sites (tertiary alicyclic amines) is 1. The molecular weight excluding hydrogens is 414 g/mol. The van der Waals surface area contributed by atoms with E-state index in [1.807, 2.05) is 27.0 Å². The lowest BCUT2D eigenvalue weighted by atomic mass is 9.85. The Labute approximate surface area is 186 Å². The molecule has 0 unspecified atom stereocenters. The Bertz CT molecular complexity index is 933. The predicted octanol–water partition coefficient (Wildman–Crippen LogP) is -0.102. The predicted molar refractivity (Wildman–Crippen MR) is 112 cm³/mol. The molecule has 1 saturated heterocycles. The van der Waals surface area contributed by atoms with Crippen molar-refractivity contribution in [2.45, 2.75) is 77.1 Å². The first kappa shape index (κ1) is 22.3. The molecule has 2 amide bonds. The Hall–Kier alpha value is -2.89. The zero-order valence-corrected chi connectivity index (χ0v) is 18.8. The van der Waals surface area contributed by atoms with Crippen molar-refractivity contribution in [3.05, 3.63) is 18.2 Å². The summed E-state index contributed by atoms with van der Waals surface area (Å²) in [4.78, 5) is 28.0. The first-order valence-corrected chi connectivity index (χ1v) is 11.1. The molecular formula is C20H31N9O3. The summed E-state index contributed by atoms with van der Waals surface area (Å²) < 4.78 is 3.21. The van der Waals surface area contributed by atoms with Gasteiger partial charge in [0.05, 0.1) is 11.8 Å². The Morgan fingerprint density at radius 2 is 2.06 bits per heavy atom. The number of carbonyl (C=O) groups excluding carboxylic acids is 2. The van der Waals surface area contributed by atoms with Gasteiger partial charge in [-0.1, -0.05) is 26.0 Å². The summed E-state index contributed by atoms with van der Waals surface area (Å²) in [6.45, 7) is 7.02. The Balaban J connectivity index is 1.43. The number of amides is 2. The highest BCUT2D eigenvalue weighted by Crippen LogP contribution is 2.40. The van der Waals surface area contributed by atoms with Crippen molar-refractivity contribution in [1.82, 2.24) is 45.4 Å². The minimum Gasteiger partial charge on any atom is -0.391 e. The summed E-state index contributed by atoms with van der Waals surface area (Å²) in [5.74, 6) is -0.0634. The second kappa shape index (κ2) is 8.93. The van der Waals surface area contributed by atoms with Crippen LogP contribution in [-0.4, -0.2) is 82.3 Å². The molecule has 3 atom stereocenters. The van der Waals surface area contributed by atoms with Gasteiger partial charge in [-0.15, -0.1) is 10.2 Å². The van der Waals surface area contributed by atoms with Gasteiger partial charge in [0.25, 0.3) is 0 Å². The number of β-amino-alcohol motifs (C(OH)–C–C–N with tert-alkyl or cyclic N) is 1. The average Bonchev–Trinajstić information content (AvgIpc) is 3.11. The van der Waals surface area contributed by atoms with Crippen LogP contribution in [-0.2, 0) is 16.1 Å². The van der Waals surface area contributed by atoms with Gasteiger partial charge in [-0.3, -0.25) is 9.59 Å². The zero-order valence-electron chi connectivity index (χ0n) is 18.8. The largest absolute Gasteiger partial charge is 0.391 e. The fraction of sp³-hybridized carbons (Fsp3) is 0.750. The highest BCUT2D eigenvalue weighted by atomic mass is 16.3. The highest BCUT2D eigenvalue weighted by Gasteiger charge is 2.45. The number of aliphatic hydroxyl groups excluding tert-OH is 1. The van der Waals surface area contributed by atoms with Crippen LogP contribution in [0.5, 0.6) is 0 Å². The minimum absolute atomic E-state index is 0.123. The zero-order chi connectivity index (χ0) is 22.9. The topological polar surface area (TPSA) is 144 Å². The summed E-state index contributed by atoms with van der Waals surface area (Å²) in [5, 5.41) is 32.6. The molecule has 0 aromatic carbocycles. The Morgan fingerprint density at radius 1 is 1.28 bits per heavy atom. The monoisotopic (exact) mass is 445 g/mol. The fourth-order valence-electron chi connectivity index (χ4n) is 4.18. The average molecular weight is 446 g/mol. The molecule has 0 bridgehead atoms. The fourth-order valence-corrected chi connectivity index (χ4v) is 4.18. The van der Waals surface area contributed by atoms with E-state index >= 15 is 0 Å². The maximum absolute atomic E-state index is 13.7. The van der Waals surface area contributed by atoms with Gasteiger partial charge in [0.2, 0.25) is 11.8 Å². The number of nitrogens with one attached hydrogen (secondary N) is 1. The van der Waals surface area contributed by atoms with Crippen molar-refractivity contribution in [3.63, 3.8) is 0 Å². The van der Waals surface area contributed by atoms with Gasteiger partial charge < -0.3 is 15.3 Å². The number of tetrazole rings is 1. The third-order valence-corrected chi connectivity index (χ3v) is 5.96. The molecule has 174 valence electrons. The Kier molecular flexibility index (Phi) is 6.22. The van der Waals surface area contributed by atoms with Gasteiger partial charge in [-0.25, -0.2) is 9.36 Å².